The molecule has 0 unspecified atom stereocenters. The van der Waals surface area contributed by atoms with E-state index in [2.05, 4.69) is 15.7 Å². The second kappa shape index (κ2) is 7.34. The van der Waals surface area contributed by atoms with Crippen LogP contribution in [0.3, 0.4) is 0 Å². The topological polar surface area (TPSA) is 58.6 Å². The average Bonchev–Trinajstić information content (AvgIpc) is 3.00. The van der Waals surface area contributed by atoms with E-state index in [9.17, 15) is 8.42 Å². The summed E-state index contributed by atoms with van der Waals surface area (Å²) in [6.07, 6.45) is 0.968. The largest absolute Gasteiger partial charge is 0.385 e. The van der Waals surface area contributed by atoms with Gasteiger partial charge in [0, 0.05) is 33.4 Å². The number of nitrogens with zero attached hydrogens (tertiary/aromatic N) is 1. The fourth-order valence-electron chi connectivity index (χ4n) is 2.98. The molecule has 2 aromatic carbocycles. The molecular weight excluding hydrogens is 324 g/mol. The Morgan fingerprint density at radius 3 is 2.62 bits per heavy atom. The number of rotatable bonds is 7. The fraction of sp³-hybridized carbons (Fsp3) is 0.333. The molecule has 1 aliphatic rings. The molecule has 0 fully saturated rings. The van der Waals surface area contributed by atoms with Crippen LogP contribution in [0.5, 0.6) is 0 Å². The molecule has 0 bridgehead atoms. The molecule has 2 aromatic rings. The SMILES string of the molecule is COCCCN1Cc2cccc(NS(=O)(=O)c3ccccc3)c2C1. The van der Waals surface area contributed by atoms with Gasteiger partial charge in [0.25, 0.3) is 10.0 Å². The van der Waals surface area contributed by atoms with Crippen LogP contribution in [0.1, 0.15) is 17.5 Å². The standard InChI is InChI=1S/C18H22N2O3S/c1-23-12-6-11-20-13-15-7-5-10-18(17(15)14-20)19-24(21,22)16-8-3-2-4-9-16/h2-5,7-10,19H,6,11-14H2,1H3. The number of hydrogen-bond donors (Lipinski definition) is 1. The lowest BCUT2D eigenvalue weighted by Gasteiger charge is -2.14. The summed E-state index contributed by atoms with van der Waals surface area (Å²) in [6.45, 7) is 3.28. The van der Waals surface area contributed by atoms with Gasteiger partial charge in [-0.3, -0.25) is 9.62 Å². The van der Waals surface area contributed by atoms with Crippen LogP contribution in [0.2, 0.25) is 0 Å². The van der Waals surface area contributed by atoms with E-state index in [1.54, 1.807) is 37.4 Å². The smallest absolute Gasteiger partial charge is 0.261 e. The fourth-order valence-corrected chi connectivity index (χ4v) is 4.09. The molecule has 1 heterocycles. The number of benzene rings is 2. The summed E-state index contributed by atoms with van der Waals surface area (Å²) in [4.78, 5) is 2.59. The molecule has 0 spiro atoms. The van der Waals surface area contributed by atoms with E-state index < -0.39 is 10.0 Å². The average molecular weight is 346 g/mol. The molecule has 0 amide bonds. The number of fused-ring (bicyclic) bond motifs is 1. The van der Waals surface area contributed by atoms with Crippen molar-refractivity contribution in [2.24, 2.45) is 0 Å². The molecule has 5 nitrogen and oxygen atoms in total. The number of nitrogens with one attached hydrogen (secondary N) is 1. The normalized spacial score (nSPS) is 14.5. The third kappa shape index (κ3) is 3.77. The second-order valence-corrected chi connectivity index (χ2v) is 7.60. The Morgan fingerprint density at radius 2 is 1.88 bits per heavy atom. The Morgan fingerprint density at radius 1 is 1.08 bits per heavy atom. The van der Waals surface area contributed by atoms with Crippen molar-refractivity contribution in [3.63, 3.8) is 0 Å². The lowest BCUT2D eigenvalue weighted by Crippen LogP contribution is -2.19. The van der Waals surface area contributed by atoms with Crippen LogP contribution in [-0.4, -0.2) is 33.6 Å². The molecular formula is C18H22N2O3S. The zero-order valence-electron chi connectivity index (χ0n) is 13.7. The van der Waals surface area contributed by atoms with Gasteiger partial charge in [0.2, 0.25) is 0 Å². The summed E-state index contributed by atoms with van der Waals surface area (Å²) >= 11 is 0. The molecule has 0 saturated heterocycles. The van der Waals surface area contributed by atoms with Gasteiger partial charge in [-0.05, 0) is 35.7 Å². The lowest BCUT2D eigenvalue weighted by atomic mass is 10.1. The quantitative estimate of drug-likeness (QED) is 0.783. The maximum absolute atomic E-state index is 12.6. The monoisotopic (exact) mass is 346 g/mol. The van der Waals surface area contributed by atoms with Crippen molar-refractivity contribution in [3.8, 4) is 0 Å². The van der Waals surface area contributed by atoms with E-state index in [1.165, 1.54) is 5.56 Å². The van der Waals surface area contributed by atoms with Crippen LogP contribution in [0.25, 0.3) is 0 Å². The highest BCUT2D eigenvalue weighted by molar-refractivity contribution is 7.92. The number of sulfonamides is 1. The molecule has 0 saturated carbocycles. The zero-order valence-corrected chi connectivity index (χ0v) is 14.6. The molecule has 0 radical (unpaired) electrons. The molecule has 1 N–H and O–H groups in total. The Labute approximate surface area is 143 Å². The maximum Gasteiger partial charge on any atom is 0.261 e. The van der Waals surface area contributed by atoms with Crippen LogP contribution in [0.4, 0.5) is 5.69 Å². The molecule has 1 aliphatic heterocycles. The van der Waals surface area contributed by atoms with Gasteiger partial charge >= 0.3 is 0 Å². The second-order valence-electron chi connectivity index (χ2n) is 5.92. The highest BCUT2D eigenvalue weighted by Crippen LogP contribution is 2.30. The molecule has 3 rings (SSSR count). The van der Waals surface area contributed by atoms with Crippen molar-refractivity contribution in [3.05, 3.63) is 59.7 Å². The van der Waals surface area contributed by atoms with E-state index in [4.69, 9.17) is 4.74 Å². The van der Waals surface area contributed by atoms with Crippen LogP contribution in [0.15, 0.2) is 53.4 Å². The minimum Gasteiger partial charge on any atom is -0.385 e. The van der Waals surface area contributed by atoms with E-state index >= 15 is 0 Å². The van der Waals surface area contributed by atoms with Crippen molar-refractivity contribution in [1.29, 1.82) is 0 Å². The maximum atomic E-state index is 12.6. The number of hydrogen-bond acceptors (Lipinski definition) is 4. The molecule has 128 valence electrons. The minimum absolute atomic E-state index is 0.276. The summed E-state index contributed by atoms with van der Waals surface area (Å²) in [5, 5.41) is 0. The first-order valence-corrected chi connectivity index (χ1v) is 9.48. The Hall–Kier alpha value is -1.89. The lowest BCUT2D eigenvalue weighted by molar-refractivity contribution is 0.172. The molecule has 0 aliphatic carbocycles. The van der Waals surface area contributed by atoms with Crippen molar-refractivity contribution < 1.29 is 13.2 Å². The van der Waals surface area contributed by atoms with E-state index in [-0.39, 0.29) is 4.90 Å². The van der Waals surface area contributed by atoms with E-state index in [0.717, 1.165) is 38.2 Å². The third-order valence-corrected chi connectivity index (χ3v) is 5.55. The highest BCUT2D eigenvalue weighted by Gasteiger charge is 2.23. The van der Waals surface area contributed by atoms with Crippen LogP contribution < -0.4 is 4.72 Å². The summed E-state index contributed by atoms with van der Waals surface area (Å²) in [5.74, 6) is 0. The predicted molar refractivity (Wildman–Crippen MR) is 94.3 cm³/mol. The number of ether oxygens (including phenoxy) is 1. The van der Waals surface area contributed by atoms with Gasteiger partial charge in [-0.1, -0.05) is 30.3 Å². The molecule has 24 heavy (non-hydrogen) atoms. The predicted octanol–water partition coefficient (Wildman–Crippen LogP) is 2.84. The van der Waals surface area contributed by atoms with E-state index in [1.807, 2.05) is 12.1 Å². The minimum atomic E-state index is -3.56. The van der Waals surface area contributed by atoms with Gasteiger partial charge in [0.1, 0.15) is 0 Å². The van der Waals surface area contributed by atoms with Gasteiger partial charge in [-0.25, -0.2) is 8.42 Å². The summed E-state index contributed by atoms with van der Waals surface area (Å²) in [5.41, 5.74) is 2.92. The van der Waals surface area contributed by atoms with Crippen molar-refractivity contribution >= 4 is 15.7 Å². The number of methoxy groups -OCH3 is 1. The summed E-state index contributed by atoms with van der Waals surface area (Å²) in [7, 11) is -1.86. The first kappa shape index (κ1) is 17.0. The third-order valence-electron chi connectivity index (χ3n) is 4.17. The first-order chi connectivity index (χ1) is 11.6. The van der Waals surface area contributed by atoms with Gasteiger partial charge in [0.05, 0.1) is 10.6 Å². The van der Waals surface area contributed by atoms with Gasteiger partial charge in [-0.15, -0.1) is 0 Å². The first-order valence-electron chi connectivity index (χ1n) is 8.00. The molecule has 6 heteroatoms. The van der Waals surface area contributed by atoms with E-state index in [0.29, 0.717) is 5.69 Å². The highest BCUT2D eigenvalue weighted by atomic mass is 32.2. The Kier molecular flexibility index (Phi) is 5.18. The van der Waals surface area contributed by atoms with Crippen LogP contribution >= 0.6 is 0 Å². The van der Waals surface area contributed by atoms with Crippen molar-refractivity contribution in [1.82, 2.24) is 4.90 Å². The van der Waals surface area contributed by atoms with Crippen molar-refractivity contribution in [2.75, 3.05) is 25.0 Å². The van der Waals surface area contributed by atoms with Gasteiger partial charge in [-0.2, -0.15) is 0 Å². The van der Waals surface area contributed by atoms with Gasteiger partial charge in [0.15, 0.2) is 0 Å². The van der Waals surface area contributed by atoms with Gasteiger partial charge < -0.3 is 4.74 Å². The molecule has 0 aromatic heterocycles. The summed E-state index contributed by atoms with van der Waals surface area (Å²) in [6, 6.07) is 14.2. The number of anilines is 1. The zero-order chi connectivity index (χ0) is 17.0. The Bertz CT molecular complexity index is 791. The summed E-state index contributed by atoms with van der Waals surface area (Å²) < 4.78 is 32.9. The van der Waals surface area contributed by atoms with Crippen LogP contribution in [-0.2, 0) is 27.8 Å². The van der Waals surface area contributed by atoms with Crippen LogP contribution in [0, 0.1) is 0 Å². The molecule has 0 atom stereocenters. The Balaban J connectivity index is 1.77. The van der Waals surface area contributed by atoms with Crippen molar-refractivity contribution in [2.45, 2.75) is 24.4 Å².